The maximum absolute atomic E-state index is 9.68. The van der Waals surface area contributed by atoms with Gasteiger partial charge in [0.05, 0.1) is 6.10 Å². The molecule has 3 saturated carbocycles. The van der Waals surface area contributed by atoms with E-state index in [1.165, 1.54) is 19.3 Å². The molecule has 3 unspecified atom stereocenters. The summed E-state index contributed by atoms with van der Waals surface area (Å²) in [5.74, 6) is 0.900. The van der Waals surface area contributed by atoms with Crippen molar-refractivity contribution in [2.24, 2.45) is 16.7 Å². The minimum atomic E-state index is -0.101. The largest absolute Gasteiger partial charge is 0.393 e. The summed E-state index contributed by atoms with van der Waals surface area (Å²) in [6.07, 6.45) is 3.77. The van der Waals surface area contributed by atoms with Crippen LogP contribution in [0.15, 0.2) is 0 Å². The number of aliphatic hydroxyl groups is 1. The lowest BCUT2D eigenvalue weighted by atomic mass is 9.49. The molecule has 64 valence electrons. The van der Waals surface area contributed by atoms with Crippen LogP contribution in [0.25, 0.3) is 0 Å². The van der Waals surface area contributed by atoms with E-state index in [0.717, 1.165) is 5.92 Å². The highest BCUT2D eigenvalue weighted by atomic mass is 16.3. The van der Waals surface area contributed by atoms with Crippen molar-refractivity contribution in [3.63, 3.8) is 0 Å². The zero-order chi connectivity index (χ0) is 8.28. The SMILES string of the molecule is CC(O)C12CCC(C1)C2(C)C. The van der Waals surface area contributed by atoms with Gasteiger partial charge in [0, 0.05) is 5.41 Å². The van der Waals surface area contributed by atoms with Crippen LogP contribution in [0, 0.1) is 16.7 Å². The van der Waals surface area contributed by atoms with Crippen LogP contribution in [-0.4, -0.2) is 11.2 Å². The van der Waals surface area contributed by atoms with Crippen LogP contribution in [0.3, 0.4) is 0 Å². The lowest BCUT2D eigenvalue weighted by Crippen LogP contribution is -2.53. The second kappa shape index (κ2) is 1.82. The topological polar surface area (TPSA) is 20.2 Å². The fraction of sp³-hybridized carbons (Fsp3) is 1.00. The summed E-state index contributed by atoms with van der Waals surface area (Å²) < 4.78 is 0. The summed E-state index contributed by atoms with van der Waals surface area (Å²) in [6, 6.07) is 0. The van der Waals surface area contributed by atoms with Crippen LogP contribution >= 0.6 is 0 Å². The summed E-state index contributed by atoms with van der Waals surface area (Å²) in [7, 11) is 0. The van der Waals surface area contributed by atoms with Crippen molar-refractivity contribution in [2.45, 2.75) is 46.1 Å². The van der Waals surface area contributed by atoms with Crippen molar-refractivity contribution in [2.75, 3.05) is 0 Å². The van der Waals surface area contributed by atoms with Gasteiger partial charge in [-0.05, 0) is 37.5 Å². The van der Waals surface area contributed by atoms with Gasteiger partial charge in [0.2, 0.25) is 0 Å². The minimum Gasteiger partial charge on any atom is -0.393 e. The average molecular weight is 154 g/mol. The van der Waals surface area contributed by atoms with Gasteiger partial charge < -0.3 is 5.11 Å². The lowest BCUT2D eigenvalue weighted by molar-refractivity contribution is -0.130. The molecule has 1 nitrogen and oxygen atoms in total. The Bertz CT molecular complexity index is 179. The van der Waals surface area contributed by atoms with E-state index in [1.54, 1.807) is 0 Å². The molecule has 3 aliphatic rings. The Morgan fingerprint density at radius 2 is 2.09 bits per heavy atom. The molecule has 0 aromatic carbocycles. The Morgan fingerprint density at radius 1 is 1.45 bits per heavy atom. The molecule has 3 rings (SSSR count). The molecule has 1 N–H and O–H groups in total. The molecule has 0 aliphatic heterocycles. The first-order chi connectivity index (χ1) is 5.01. The first-order valence-electron chi connectivity index (χ1n) is 4.69. The van der Waals surface area contributed by atoms with Gasteiger partial charge >= 0.3 is 0 Å². The van der Waals surface area contributed by atoms with Gasteiger partial charge in [0.1, 0.15) is 0 Å². The maximum atomic E-state index is 9.68. The van der Waals surface area contributed by atoms with Crippen molar-refractivity contribution in [3.8, 4) is 0 Å². The molecule has 0 spiro atoms. The molecule has 3 atom stereocenters. The first kappa shape index (κ1) is 7.60. The molecule has 0 amide bonds. The van der Waals surface area contributed by atoms with Gasteiger partial charge in [-0.2, -0.15) is 0 Å². The van der Waals surface area contributed by atoms with Crippen molar-refractivity contribution in [1.82, 2.24) is 0 Å². The fourth-order valence-electron chi connectivity index (χ4n) is 3.47. The van der Waals surface area contributed by atoms with Crippen molar-refractivity contribution in [3.05, 3.63) is 0 Å². The maximum Gasteiger partial charge on any atom is 0.0573 e. The van der Waals surface area contributed by atoms with Crippen molar-refractivity contribution in [1.29, 1.82) is 0 Å². The third-order valence-corrected chi connectivity index (χ3v) is 4.65. The van der Waals surface area contributed by atoms with E-state index in [0.29, 0.717) is 5.41 Å². The van der Waals surface area contributed by atoms with E-state index in [2.05, 4.69) is 13.8 Å². The molecular weight excluding hydrogens is 136 g/mol. The van der Waals surface area contributed by atoms with Crippen LogP contribution in [0.2, 0.25) is 0 Å². The van der Waals surface area contributed by atoms with Crippen LogP contribution in [-0.2, 0) is 0 Å². The summed E-state index contributed by atoms with van der Waals surface area (Å²) in [5, 5.41) is 9.68. The fourth-order valence-corrected chi connectivity index (χ4v) is 3.47. The minimum absolute atomic E-state index is 0.101. The monoisotopic (exact) mass is 154 g/mol. The van der Waals surface area contributed by atoms with Gasteiger partial charge in [-0.25, -0.2) is 0 Å². The molecule has 2 bridgehead atoms. The number of rotatable bonds is 1. The molecule has 0 aromatic heterocycles. The Balaban J connectivity index is 2.29. The highest BCUT2D eigenvalue weighted by Crippen LogP contribution is 2.71. The highest BCUT2D eigenvalue weighted by Gasteiger charge is 2.66. The molecule has 1 heteroatoms. The van der Waals surface area contributed by atoms with Crippen LogP contribution in [0.1, 0.15) is 40.0 Å². The predicted molar refractivity (Wildman–Crippen MR) is 45.2 cm³/mol. The smallest absolute Gasteiger partial charge is 0.0573 e. The van der Waals surface area contributed by atoms with Crippen molar-refractivity contribution < 1.29 is 5.11 Å². The van der Waals surface area contributed by atoms with Gasteiger partial charge in [-0.15, -0.1) is 0 Å². The third-order valence-electron chi connectivity index (χ3n) is 4.65. The van der Waals surface area contributed by atoms with E-state index >= 15 is 0 Å². The van der Waals surface area contributed by atoms with E-state index in [4.69, 9.17) is 0 Å². The molecule has 11 heavy (non-hydrogen) atoms. The molecule has 3 fully saturated rings. The molecular formula is C10H18O. The molecule has 0 radical (unpaired) electrons. The summed E-state index contributed by atoms with van der Waals surface area (Å²) in [5.41, 5.74) is 0.707. The standard InChI is InChI=1S/C10H18O/c1-7(11)10-5-4-8(6-10)9(10,2)3/h7-8,11H,4-6H2,1-3H3. The van der Waals surface area contributed by atoms with Crippen LogP contribution < -0.4 is 0 Å². The van der Waals surface area contributed by atoms with Gasteiger partial charge in [0.15, 0.2) is 0 Å². The number of fused-ring (bicyclic) bond motifs is 1. The average Bonchev–Trinajstić information content (AvgIpc) is 2.40. The number of hydrogen-bond donors (Lipinski definition) is 1. The molecule has 0 aromatic rings. The Hall–Kier alpha value is -0.0400. The Kier molecular flexibility index (Phi) is 1.26. The van der Waals surface area contributed by atoms with Crippen LogP contribution in [0.5, 0.6) is 0 Å². The summed E-state index contributed by atoms with van der Waals surface area (Å²) >= 11 is 0. The summed E-state index contributed by atoms with van der Waals surface area (Å²) in [4.78, 5) is 0. The van der Waals surface area contributed by atoms with Gasteiger partial charge in [0.25, 0.3) is 0 Å². The summed E-state index contributed by atoms with van der Waals surface area (Å²) in [6.45, 7) is 6.60. The second-order valence-electron chi connectivity index (χ2n) is 4.99. The number of aliphatic hydroxyl groups excluding tert-OH is 1. The number of hydrogen-bond acceptors (Lipinski definition) is 1. The van der Waals surface area contributed by atoms with Crippen molar-refractivity contribution >= 4 is 0 Å². The quantitative estimate of drug-likeness (QED) is 0.614. The van der Waals surface area contributed by atoms with E-state index in [1.807, 2.05) is 6.92 Å². The third kappa shape index (κ3) is 0.618. The van der Waals surface area contributed by atoms with E-state index < -0.39 is 0 Å². The Labute approximate surface area is 68.8 Å². The predicted octanol–water partition coefficient (Wildman–Crippen LogP) is 2.19. The normalized spacial score (nSPS) is 48.5. The Morgan fingerprint density at radius 3 is 2.27 bits per heavy atom. The van der Waals surface area contributed by atoms with Gasteiger partial charge in [-0.3, -0.25) is 0 Å². The van der Waals surface area contributed by atoms with E-state index in [-0.39, 0.29) is 11.5 Å². The molecule has 3 aliphatic carbocycles. The zero-order valence-corrected chi connectivity index (χ0v) is 7.72. The highest BCUT2D eigenvalue weighted by molar-refractivity contribution is 5.15. The lowest BCUT2D eigenvalue weighted by Gasteiger charge is -2.56. The van der Waals surface area contributed by atoms with E-state index in [9.17, 15) is 5.11 Å². The van der Waals surface area contributed by atoms with Gasteiger partial charge in [-0.1, -0.05) is 13.8 Å². The zero-order valence-electron chi connectivity index (χ0n) is 7.72. The molecule has 0 saturated heterocycles. The first-order valence-corrected chi connectivity index (χ1v) is 4.69. The second-order valence-corrected chi connectivity index (χ2v) is 4.99. The molecule has 0 heterocycles. The van der Waals surface area contributed by atoms with Crippen LogP contribution in [0.4, 0.5) is 0 Å².